The molecule has 0 fully saturated rings. The molecule has 0 unspecified atom stereocenters. The first-order valence-electron chi connectivity index (χ1n) is 8.12. The highest BCUT2D eigenvalue weighted by molar-refractivity contribution is 5.91. The van der Waals surface area contributed by atoms with Crippen molar-refractivity contribution in [3.8, 4) is 11.5 Å². The molecule has 0 saturated heterocycles. The van der Waals surface area contributed by atoms with Crippen LogP contribution in [0.5, 0.6) is 11.5 Å². The average molecular weight is 361 g/mol. The summed E-state index contributed by atoms with van der Waals surface area (Å²) in [5, 5.41) is 2.76. The zero-order valence-corrected chi connectivity index (χ0v) is 14.7. The van der Waals surface area contributed by atoms with E-state index in [1.165, 1.54) is 19.3 Å². The molecule has 0 aliphatic carbocycles. The SMILES string of the molecule is COc1ccc(CCNC(=O)/C=C/c2cccc(C)c2)cc1OC(F)F. The lowest BCUT2D eigenvalue weighted by Gasteiger charge is -2.11. The summed E-state index contributed by atoms with van der Waals surface area (Å²) in [5.74, 6) is -0.00563. The molecule has 1 amide bonds. The first kappa shape index (κ1) is 19.4. The maximum absolute atomic E-state index is 12.4. The second-order valence-corrected chi connectivity index (χ2v) is 5.65. The van der Waals surface area contributed by atoms with Crippen molar-refractivity contribution in [2.75, 3.05) is 13.7 Å². The van der Waals surface area contributed by atoms with Crippen LogP contribution in [0.3, 0.4) is 0 Å². The summed E-state index contributed by atoms with van der Waals surface area (Å²) >= 11 is 0. The lowest BCUT2D eigenvalue weighted by Crippen LogP contribution is -2.23. The first-order valence-corrected chi connectivity index (χ1v) is 8.12. The smallest absolute Gasteiger partial charge is 0.387 e. The molecule has 0 atom stereocenters. The summed E-state index contributed by atoms with van der Waals surface area (Å²) in [6.45, 7) is -0.568. The third kappa shape index (κ3) is 6.20. The predicted molar refractivity (Wildman–Crippen MR) is 96.6 cm³/mol. The van der Waals surface area contributed by atoms with E-state index in [-0.39, 0.29) is 17.4 Å². The highest BCUT2D eigenvalue weighted by Crippen LogP contribution is 2.29. The molecule has 0 aliphatic heterocycles. The number of nitrogens with one attached hydrogen (secondary N) is 1. The van der Waals surface area contributed by atoms with E-state index in [2.05, 4.69) is 10.1 Å². The lowest BCUT2D eigenvalue weighted by molar-refractivity contribution is -0.116. The Morgan fingerprint density at radius 3 is 2.69 bits per heavy atom. The van der Waals surface area contributed by atoms with E-state index in [0.717, 1.165) is 16.7 Å². The molecule has 26 heavy (non-hydrogen) atoms. The molecule has 2 aromatic rings. The van der Waals surface area contributed by atoms with Crippen LogP contribution in [0.15, 0.2) is 48.5 Å². The molecule has 0 radical (unpaired) electrons. The van der Waals surface area contributed by atoms with E-state index in [4.69, 9.17) is 4.74 Å². The molecule has 0 spiro atoms. The summed E-state index contributed by atoms with van der Waals surface area (Å²) < 4.78 is 34.3. The monoisotopic (exact) mass is 361 g/mol. The van der Waals surface area contributed by atoms with Gasteiger partial charge in [0.15, 0.2) is 11.5 Å². The van der Waals surface area contributed by atoms with Gasteiger partial charge >= 0.3 is 6.61 Å². The summed E-state index contributed by atoms with van der Waals surface area (Å²) in [6, 6.07) is 12.6. The molecule has 2 aromatic carbocycles. The Kier molecular flexibility index (Phi) is 7.14. The Morgan fingerprint density at radius 1 is 1.19 bits per heavy atom. The minimum atomic E-state index is -2.93. The average Bonchev–Trinajstić information content (AvgIpc) is 2.60. The summed E-state index contributed by atoms with van der Waals surface area (Å²) in [6.07, 6.45) is 3.69. The van der Waals surface area contributed by atoms with Crippen molar-refractivity contribution < 1.29 is 23.0 Å². The van der Waals surface area contributed by atoms with Crippen molar-refractivity contribution in [3.63, 3.8) is 0 Å². The Balaban J connectivity index is 1.87. The fourth-order valence-electron chi connectivity index (χ4n) is 2.40. The molecule has 6 heteroatoms. The Labute approximate surface area is 151 Å². The van der Waals surface area contributed by atoms with Gasteiger partial charge in [0.1, 0.15) is 0 Å². The number of rotatable bonds is 8. The van der Waals surface area contributed by atoms with Crippen molar-refractivity contribution >= 4 is 12.0 Å². The molecule has 1 N–H and O–H groups in total. The van der Waals surface area contributed by atoms with Gasteiger partial charge in [0.2, 0.25) is 5.91 Å². The fraction of sp³-hybridized carbons (Fsp3) is 0.250. The van der Waals surface area contributed by atoms with Gasteiger partial charge in [0.05, 0.1) is 7.11 Å². The fourth-order valence-corrected chi connectivity index (χ4v) is 2.40. The van der Waals surface area contributed by atoms with Crippen LogP contribution in [-0.2, 0) is 11.2 Å². The molecule has 4 nitrogen and oxygen atoms in total. The number of amides is 1. The third-order valence-corrected chi connectivity index (χ3v) is 3.63. The van der Waals surface area contributed by atoms with Crippen LogP contribution in [0.2, 0.25) is 0 Å². The van der Waals surface area contributed by atoms with Gasteiger partial charge in [-0.25, -0.2) is 0 Å². The van der Waals surface area contributed by atoms with Gasteiger partial charge < -0.3 is 14.8 Å². The molecule has 0 heterocycles. The normalized spacial score (nSPS) is 11.0. The molecule has 138 valence electrons. The van der Waals surface area contributed by atoms with Crippen LogP contribution >= 0.6 is 0 Å². The minimum absolute atomic E-state index is 0.0225. The largest absolute Gasteiger partial charge is 0.493 e. The van der Waals surface area contributed by atoms with Gasteiger partial charge in [0, 0.05) is 12.6 Å². The zero-order valence-electron chi connectivity index (χ0n) is 14.7. The van der Waals surface area contributed by atoms with Gasteiger partial charge in [-0.2, -0.15) is 8.78 Å². The Bertz CT molecular complexity index is 775. The molecule has 0 aliphatic rings. The van der Waals surface area contributed by atoms with Crippen molar-refractivity contribution in [2.24, 2.45) is 0 Å². The number of hydrogen-bond donors (Lipinski definition) is 1. The van der Waals surface area contributed by atoms with Gasteiger partial charge in [-0.3, -0.25) is 4.79 Å². The molecule has 0 bridgehead atoms. The lowest BCUT2D eigenvalue weighted by atomic mass is 10.1. The highest BCUT2D eigenvalue weighted by Gasteiger charge is 2.11. The van der Waals surface area contributed by atoms with Gasteiger partial charge in [0.25, 0.3) is 0 Å². The zero-order chi connectivity index (χ0) is 18.9. The summed E-state index contributed by atoms with van der Waals surface area (Å²) in [5.41, 5.74) is 2.82. The maximum Gasteiger partial charge on any atom is 0.387 e. The van der Waals surface area contributed by atoms with Crippen LogP contribution in [0.1, 0.15) is 16.7 Å². The second-order valence-electron chi connectivity index (χ2n) is 5.65. The van der Waals surface area contributed by atoms with Crippen molar-refractivity contribution in [1.29, 1.82) is 0 Å². The molecular formula is C20H21F2NO3. The Hall–Kier alpha value is -2.89. The number of methoxy groups -OCH3 is 1. The van der Waals surface area contributed by atoms with E-state index in [0.29, 0.717) is 13.0 Å². The molecule has 0 saturated carbocycles. The number of hydrogen-bond acceptors (Lipinski definition) is 3. The number of carbonyl (C=O) groups is 1. The number of halogens is 2. The van der Waals surface area contributed by atoms with E-state index in [1.54, 1.807) is 18.2 Å². The summed E-state index contributed by atoms with van der Waals surface area (Å²) in [7, 11) is 1.38. The number of alkyl halides is 2. The number of carbonyl (C=O) groups excluding carboxylic acids is 1. The van der Waals surface area contributed by atoms with Crippen molar-refractivity contribution in [2.45, 2.75) is 20.0 Å². The van der Waals surface area contributed by atoms with Gasteiger partial charge in [-0.05, 0) is 42.7 Å². The van der Waals surface area contributed by atoms with Gasteiger partial charge in [-0.15, -0.1) is 0 Å². The topological polar surface area (TPSA) is 47.6 Å². The van der Waals surface area contributed by atoms with Crippen molar-refractivity contribution in [1.82, 2.24) is 5.32 Å². The third-order valence-electron chi connectivity index (χ3n) is 3.63. The molecule has 2 rings (SSSR count). The van der Waals surface area contributed by atoms with Crippen LogP contribution in [0.4, 0.5) is 8.78 Å². The highest BCUT2D eigenvalue weighted by atomic mass is 19.3. The van der Waals surface area contributed by atoms with E-state index >= 15 is 0 Å². The number of ether oxygens (including phenoxy) is 2. The minimum Gasteiger partial charge on any atom is -0.493 e. The molecular weight excluding hydrogens is 340 g/mol. The van der Waals surface area contributed by atoms with E-state index in [1.807, 2.05) is 31.2 Å². The second kappa shape index (κ2) is 9.56. The van der Waals surface area contributed by atoms with Crippen LogP contribution in [0, 0.1) is 6.92 Å². The standard InChI is InChI=1S/C20H21F2NO3/c1-14-4-3-5-15(12-14)7-9-19(24)23-11-10-16-6-8-17(25-2)18(13-16)26-20(21)22/h3-9,12-13,20H,10-11H2,1-2H3,(H,23,24)/b9-7+. The van der Waals surface area contributed by atoms with Gasteiger partial charge in [-0.1, -0.05) is 35.9 Å². The van der Waals surface area contributed by atoms with Crippen LogP contribution in [-0.4, -0.2) is 26.2 Å². The maximum atomic E-state index is 12.4. The van der Waals surface area contributed by atoms with Crippen LogP contribution in [0.25, 0.3) is 6.08 Å². The first-order chi connectivity index (χ1) is 12.5. The quantitative estimate of drug-likeness (QED) is 0.724. The summed E-state index contributed by atoms with van der Waals surface area (Å²) in [4.78, 5) is 11.9. The van der Waals surface area contributed by atoms with Crippen molar-refractivity contribution in [3.05, 3.63) is 65.2 Å². The Morgan fingerprint density at radius 2 is 2.00 bits per heavy atom. The van der Waals surface area contributed by atoms with Crippen LogP contribution < -0.4 is 14.8 Å². The number of aryl methyl sites for hydroxylation is 1. The van der Waals surface area contributed by atoms with E-state index in [9.17, 15) is 13.6 Å². The molecule has 0 aromatic heterocycles. The predicted octanol–water partition coefficient (Wildman–Crippen LogP) is 3.98. The number of benzene rings is 2. The van der Waals surface area contributed by atoms with E-state index < -0.39 is 6.61 Å².